The molecular weight excluding hydrogens is 638 g/mol. The number of carbonyl (C=O) groups excluding carboxylic acids is 1. The van der Waals surface area contributed by atoms with E-state index in [9.17, 15) is 9.90 Å². The van der Waals surface area contributed by atoms with Crippen LogP contribution in [0.4, 0.5) is 0 Å². The summed E-state index contributed by atoms with van der Waals surface area (Å²) in [6.07, 6.45) is 54.6. The zero-order valence-corrected chi connectivity index (χ0v) is 38.3. The molecule has 0 aromatic heterocycles. The zero-order chi connectivity index (χ0) is 35.6. The number of nitrogens with zero attached hydrogens (tertiary/aromatic N) is 1. The fraction of sp³-hybridized carbons (Fsp3) is 0.978. The smallest absolute Gasteiger partial charge is 0.550 e. The predicted molar refractivity (Wildman–Crippen MR) is 217 cm³/mol. The largest absolute Gasteiger partial charge is 1.00 e. The van der Waals surface area contributed by atoms with Crippen LogP contribution in [0.15, 0.2) is 0 Å². The summed E-state index contributed by atoms with van der Waals surface area (Å²) in [6, 6.07) is 0. The fourth-order valence-electron chi connectivity index (χ4n) is 7.59. The van der Waals surface area contributed by atoms with Gasteiger partial charge in [-0.1, -0.05) is 239 Å². The predicted octanol–water partition coefficient (Wildman–Crippen LogP) is 11.7. The van der Waals surface area contributed by atoms with Crippen LogP contribution in [-0.2, 0) is 4.79 Å². The van der Waals surface area contributed by atoms with E-state index in [-0.39, 0.29) is 57.8 Å². The number of aliphatic carboxylic acids is 1. The number of rotatable bonds is 44. The van der Waals surface area contributed by atoms with Crippen LogP contribution < -0.4 is 56.5 Å². The van der Waals surface area contributed by atoms with Crippen LogP contribution in [0.1, 0.15) is 271 Å². The Labute approximate surface area is 359 Å². The van der Waals surface area contributed by atoms with Crippen molar-refractivity contribution in [1.29, 1.82) is 0 Å². The fourth-order valence-corrected chi connectivity index (χ4v) is 7.59. The quantitative estimate of drug-likeness (QED) is 0.0463. The third kappa shape index (κ3) is 47.1. The molecule has 0 unspecified atom stereocenters. The third-order valence-electron chi connectivity index (χ3n) is 11.0. The Morgan fingerprint density at radius 2 is 0.500 bits per heavy atom. The normalized spacial score (nSPS) is 11.4. The van der Waals surface area contributed by atoms with Crippen molar-refractivity contribution < 1.29 is 61.3 Å². The van der Waals surface area contributed by atoms with Gasteiger partial charge in [0.05, 0.1) is 0 Å². The van der Waals surface area contributed by atoms with Gasteiger partial charge in [0.1, 0.15) is 0 Å². The Morgan fingerprint density at radius 1 is 0.320 bits per heavy atom. The van der Waals surface area contributed by atoms with Crippen molar-refractivity contribution in [3.63, 3.8) is 0 Å². The standard InChI is InChI=1S/C46H93NO2.K/c1-3-5-7-9-11-13-15-17-19-21-23-25-27-29-31-33-35-39-43-47(45-41-37-38-42-46(48)49)44-40-36-34-32-30-28-26-24-22-20-18-16-14-12-10-8-6-4-2;/h3-45H2,1-2H3,(H,48,49);/q;+1/p-1. The molecule has 0 aliphatic rings. The van der Waals surface area contributed by atoms with Gasteiger partial charge >= 0.3 is 51.4 Å². The summed E-state index contributed by atoms with van der Waals surface area (Å²) >= 11 is 0. The molecule has 0 saturated carbocycles. The molecule has 0 aromatic rings. The van der Waals surface area contributed by atoms with E-state index in [1.807, 2.05) is 0 Å². The number of carboxylic acids is 1. The van der Waals surface area contributed by atoms with Gasteiger partial charge in [-0.3, -0.25) is 0 Å². The van der Waals surface area contributed by atoms with E-state index in [2.05, 4.69) is 18.7 Å². The van der Waals surface area contributed by atoms with E-state index in [4.69, 9.17) is 0 Å². The molecule has 0 N–H and O–H groups in total. The van der Waals surface area contributed by atoms with Crippen LogP contribution in [0.2, 0.25) is 0 Å². The van der Waals surface area contributed by atoms with Crippen molar-refractivity contribution in [1.82, 2.24) is 4.90 Å². The summed E-state index contributed by atoms with van der Waals surface area (Å²) in [5.74, 6) is -0.894. The van der Waals surface area contributed by atoms with Crippen LogP contribution in [0, 0.1) is 0 Å². The molecule has 0 spiro atoms. The molecule has 0 saturated heterocycles. The van der Waals surface area contributed by atoms with Gasteiger partial charge in [0.2, 0.25) is 0 Å². The van der Waals surface area contributed by atoms with Crippen molar-refractivity contribution in [2.45, 2.75) is 271 Å². The van der Waals surface area contributed by atoms with Gasteiger partial charge in [-0.15, -0.1) is 0 Å². The Balaban J connectivity index is 0. The second-order valence-electron chi connectivity index (χ2n) is 16.0. The third-order valence-corrected chi connectivity index (χ3v) is 11.0. The Kier molecular flexibility index (Phi) is 51.1. The molecule has 0 rings (SSSR count). The molecule has 0 aliphatic carbocycles. The summed E-state index contributed by atoms with van der Waals surface area (Å²) in [4.78, 5) is 13.4. The second kappa shape index (κ2) is 48.1. The van der Waals surface area contributed by atoms with Gasteiger partial charge < -0.3 is 14.8 Å². The van der Waals surface area contributed by atoms with Gasteiger partial charge in [-0.2, -0.15) is 0 Å². The first-order valence-corrected chi connectivity index (χ1v) is 23.1. The van der Waals surface area contributed by atoms with Gasteiger partial charge in [0.15, 0.2) is 0 Å². The molecule has 0 bridgehead atoms. The minimum absolute atomic E-state index is 0. The summed E-state index contributed by atoms with van der Waals surface area (Å²) in [5.41, 5.74) is 0. The maximum atomic E-state index is 10.8. The van der Waals surface area contributed by atoms with E-state index in [1.54, 1.807) is 0 Å². The number of carboxylic acid groups (broad SMARTS) is 1. The molecule has 0 atom stereocenters. The minimum atomic E-state index is -0.894. The molecule has 0 fully saturated rings. The molecule has 4 heteroatoms. The van der Waals surface area contributed by atoms with E-state index in [1.165, 1.54) is 244 Å². The average Bonchev–Trinajstić information content (AvgIpc) is 3.09. The number of carbonyl (C=O) groups is 1. The molecule has 0 heterocycles. The van der Waals surface area contributed by atoms with Gasteiger partial charge in [-0.25, -0.2) is 0 Å². The Morgan fingerprint density at radius 3 is 0.700 bits per heavy atom. The van der Waals surface area contributed by atoms with E-state index >= 15 is 0 Å². The first-order chi connectivity index (χ1) is 24.2. The minimum Gasteiger partial charge on any atom is -0.550 e. The van der Waals surface area contributed by atoms with Crippen molar-refractivity contribution in [2.24, 2.45) is 0 Å². The zero-order valence-electron chi connectivity index (χ0n) is 35.2. The second-order valence-corrected chi connectivity index (χ2v) is 16.0. The first kappa shape index (κ1) is 53.2. The topological polar surface area (TPSA) is 43.4 Å². The molecule has 0 aliphatic heterocycles. The average molecular weight is 730 g/mol. The van der Waals surface area contributed by atoms with Crippen molar-refractivity contribution in [2.75, 3.05) is 19.6 Å². The maximum absolute atomic E-state index is 10.8. The molecule has 50 heavy (non-hydrogen) atoms. The van der Waals surface area contributed by atoms with Crippen LogP contribution >= 0.6 is 0 Å². The molecule has 3 nitrogen and oxygen atoms in total. The van der Waals surface area contributed by atoms with Crippen LogP contribution in [0.3, 0.4) is 0 Å². The van der Waals surface area contributed by atoms with Crippen molar-refractivity contribution in [3.05, 3.63) is 0 Å². The maximum Gasteiger partial charge on any atom is 1.00 e. The molecular formula is C46H92KNO2. The summed E-state index contributed by atoms with van der Waals surface area (Å²) in [6.45, 7) is 8.21. The van der Waals surface area contributed by atoms with Gasteiger partial charge in [-0.05, 0) is 51.7 Å². The van der Waals surface area contributed by atoms with E-state index in [0.717, 1.165) is 25.8 Å². The summed E-state index contributed by atoms with van der Waals surface area (Å²) in [7, 11) is 0. The summed E-state index contributed by atoms with van der Waals surface area (Å²) in [5, 5.41) is 10.8. The number of hydrogen-bond acceptors (Lipinski definition) is 3. The summed E-state index contributed by atoms with van der Waals surface area (Å²) < 4.78 is 0. The SMILES string of the molecule is CCCCCCCCCCCCCCCCCCCCN(CCCCCCCCCCCCCCCCCCCC)CCCCCC(=O)[O-].[K+]. The van der Waals surface area contributed by atoms with Crippen LogP contribution in [0.25, 0.3) is 0 Å². The number of unbranched alkanes of at least 4 members (excludes halogenated alkanes) is 36. The molecule has 0 amide bonds. The van der Waals surface area contributed by atoms with Gasteiger partial charge in [0, 0.05) is 5.97 Å². The molecule has 0 aromatic carbocycles. The van der Waals surface area contributed by atoms with Crippen LogP contribution in [-0.4, -0.2) is 30.5 Å². The monoisotopic (exact) mass is 730 g/mol. The number of hydrogen-bond donors (Lipinski definition) is 0. The Hall–Kier alpha value is 1.07. The Bertz CT molecular complexity index is 575. The van der Waals surface area contributed by atoms with Crippen molar-refractivity contribution in [3.8, 4) is 0 Å². The molecule has 0 radical (unpaired) electrons. The molecule has 294 valence electrons. The van der Waals surface area contributed by atoms with E-state index < -0.39 is 5.97 Å². The van der Waals surface area contributed by atoms with Gasteiger partial charge in [0.25, 0.3) is 0 Å². The van der Waals surface area contributed by atoms with E-state index in [0.29, 0.717) is 0 Å². The van der Waals surface area contributed by atoms with Crippen LogP contribution in [0.5, 0.6) is 0 Å². The van der Waals surface area contributed by atoms with Crippen molar-refractivity contribution >= 4 is 5.97 Å². The first-order valence-electron chi connectivity index (χ1n) is 23.1.